The highest BCUT2D eigenvalue weighted by molar-refractivity contribution is 5.87. The van der Waals surface area contributed by atoms with E-state index in [-0.39, 0.29) is 11.8 Å². The van der Waals surface area contributed by atoms with E-state index < -0.39 is 6.04 Å². The summed E-state index contributed by atoms with van der Waals surface area (Å²) in [6.07, 6.45) is 0.933. The quantitative estimate of drug-likeness (QED) is 0.637. The van der Waals surface area contributed by atoms with Crippen molar-refractivity contribution >= 4 is 11.8 Å². The summed E-state index contributed by atoms with van der Waals surface area (Å²) < 4.78 is 5.66. The van der Waals surface area contributed by atoms with Crippen LogP contribution in [0.1, 0.15) is 37.8 Å². The lowest BCUT2D eigenvalue weighted by Gasteiger charge is -2.29. The van der Waals surface area contributed by atoms with Gasteiger partial charge in [-0.25, -0.2) is 0 Å². The molecule has 0 heterocycles. The molecule has 0 aromatic heterocycles. The van der Waals surface area contributed by atoms with Crippen LogP contribution in [-0.2, 0) is 16.1 Å². The highest BCUT2D eigenvalue weighted by Crippen LogP contribution is 2.14. The molecule has 150 valence electrons. The Kier molecular flexibility index (Phi) is 8.53. The number of likely N-dealkylation sites (N-methyl/N-ethyl adjacent to an activating group) is 1. The Hall–Kier alpha value is -2.82. The Morgan fingerprint density at radius 3 is 2.39 bits per heavy atom. The van der Waals surface area contributed by atoms with Crippen molar-refractivity contribution in [1.29, 1.82) is 0 Å². The third-order valence-electron chi connectivity index (χ3n) is 4.54. The average Bonchev–Trinajstić information content (AvgIpc) is 2.71. The first kappa shape index (κ1) is 21.5. The molecular formula is C23H30N2O3. The van der Waals surface area contributed by atoms with Crippen molar-refractivity contribution in [3.05, 3.63) is 65.7 Å². The Morgan fingerprint density at radius 2 is 1.75 bits per heavy atom. The lowest BCUT2D eigenvalue weighted by atomic mass is 10.1. The van der Waals surface area contributed by atoms with Crippen molar-refractivity contribution < 1.29 is 14.3 Å². The second kappa shape index (κ2) is 11.1. The summed E-state index contributed by atoms with van der Waals surface area (Å²) in [5.41, 5.74) is 2.17. The van der Waals surface area contributed by atoms with Crippen LogP contribution in [0.15, 0.2) is 54.6 Å². The molecule has 2 aromatic rings. The third-order valence-corrected chi connectivity index (χ3v) is 4.54. The normalized spacial score (nSPS) is 11.5. The van der Waals surface area contributed by atoms with Crippen LogP contribution in [0.25, 0.3) is 0 Å². The van der Waals surface area contributed by atoms with Crippen molar-refractivity contribution in [2.24, 2.45) is 0 Å². The summed E-state index contributed by atoms with van der Waals surface area (Å²) in [6, 6.07) is 17.1. The summed E-state index contributed by atoms with van der Waals surface area (Å²) in [5.74, 6) is 0.613. The molecule has 0 aliphatic heterocycles. The first-order valence-electron chi connectivity index (χ1n) is 9.81. The highest BCUT2D eigenvalue weighted by Gasteiger charge is 2.25. The van der Waals surface area contributed by atoms with Crippen molar-refractivity contribution in [2.75, 3.05) is 13.2 Å². The van der Waals surface area contributed by atoms with E-state index in [1.54, 1.807) is 11.8 Å². The molecule has 2 aromatic carbocycles. The molecule has 1 N–H and O–H groups in total. The van der Waals surface area contributed by atoms with E-state index in [4.69, 9.17) is 4.74 Å². The molecule has 0 saturated heterocycles. The van der Waals surface area contributed by atoms with Crippen LogP contribution < -0.4 is 10.1 Å². The van der Waals surface area contributed by atoms with E-state index in [1.165, 1.54) is 0 Å². The van der Waals surface area contributed by atoms with Gasteiger partial charge in [-0.1, -0.05) is 48.0 Å². The van der Waals surface area contributed by atoms with Crippen LogP contribution in [0, 0.1) is 6.92 Å². The van der Waals surface area contributed by atoms with Gasteiger partial charge in [-0.05, 0) is 44.9 Å². The van der Waals surface area contributed by atoms with Crippen LogP contribution in [0.4, 0.5) is 0 Å². The number of benzene rings is 2. The van der Waals surface area contributed by atoms with E-state index in [9.17, 15) is 9.59 Å². The number of hydrogen-bond donors (Lipinski definition) is 1. The van der Waals surface area contributed by atoms with Crippen LogP contribution in [-0.4, -0.2) is 35.9 Å². The van der Waals surface area contributed by atoms with Gasteiger partial charge >= 0.3 is 0 Å². The van der Waals surface area contributed by atoms with Gasteiger partial charge in [0.05, 0.1) is 6.61 Å². The van der Waals surface area contributed by atoms with Gasteiger partial charge in [-0.15, -0.1) is 0 Å². The number of carbonyl (C=O) groups excluding carboxylic acids is 2. The topological polar surface area (TPSA) is 58.6 Å². The van der Waals surface area contributed by atoms with E-state index >= 15 is 0 Å². The van der Waals surface area contributed by atoms with Crippen molar-refractivity contribution in [1.82, 2.24) is 10.2 Å². The van der Waals surface area contributed by atoms with Crippen LogP contribution >= 0.6 is 0 Å². The molecule has 2 amide bonds. The maximum Gasteiger partial charge on any atom is 0.242 e. The Bertz CT molecular complexity index is 744. The van der Waals surface area contributed by atoms with E-state index in [0.717, 1.165) is 16.9 Å². The summed E-state index contributed by atoms with van der Waals surface area (Å²) >= 11 is 0. The van der Waals surface area contributed by atoms with Crippen molar-refractivity contribution in [3.63, 3.8) is 0 Å². The second-order valence-electron chi connectivity index (χ2n) is 6.84. The van der Waals surface area contributed by atoms with Gasteiger partial charge in [0.25, 0.3) is 0 Å². The molecule has 1 unspecified atom stereocenters. The molecule has 0 aliphatic carbocycles. The SMILES string of the molecule is CCNC(=O)C(C)N(Cc1ccc(C)cc1)C(=O)CCCOc1ccccc1. The molecule has 0 saturated carbocycles. The first-order chi connectivity index (χ1) is 13.5. The van der Waals surface area contributed by atoms with Gasteiger partial charge in [0, 0.05) is 19.5 Å². The number of para-hydroxylation sites is 1. The fourth-order valence-corrected chi connectivity index (χ4v) is 2.87. The maximum atomic E-state index is 12.9. The van der Waals surface area contributed by atoms with Gasteiger partial charge in [0.1, 0.15) is 11.8 Å². The Labute approximate surface area is 167 Å². The second-order valence-corrected chi connectivity index (χ2v) is 6.84. The average molecular weight is 383 g/mol. The maximum absolute atomic E-state index is 12.9. The van der Waals surface area contributed by atoms with E-state index in [0.29, 0.717) is 32.5 Å². The highest BCUT2D eigenvalue weighted by atomic mass is 16.5. The zero-order chi connectivity index (χ0) is 20.4. The number of amides is 2. The summed E-state index contributed by atoms with van der Waals surface area (Å²) in [6.45, 7) is 7.09. The van der Waals surface area contributed by atoms with Gasteiger partial charge in [-0.2, -0.15) is 0 Å². The predicted molar refractivity (Wildman–Crippen MR) is 111 cm³/mol. The molecule has 5 nitrogen and oxygen atoms in total. The smallest absolute Gasteiger partial charge is 0.242 e. The van der Waals surface area contributed by atoms with Gasteiger partial charge in [0.2, 0.25) is 11.8 Å². The molecule has 1 atom stereocenters. The summed E-state index contributed by atoms with van der Waals surface area (Å²) in [5, 5.41) is 2.81. The zero-order valence-electron chi connectivity index (χ0n) is 17.0. The Morgan fingerprint density at radius 1 is 1.07 bits per heavy atom. The van der Waals surface area contributed by atoms with Gasteiger partial charge in [-0.3, -0.25) is 9.59 Å². The van der Waals surface area contributed by atoms with Crippen molar-refractivity contribution in [2.45, 2.75) is 46.2 Å². The third kappa shape index (κ3) is 6.72. The first-order valence-corrected chi connectivity index (χ1v) is 9.81. The number of rotatable bonds is 10. The molecule has 0 bridgehead atoms. The van der Waals surface area contributed by atoms with E-state index in [2.05, 4.69) is 5.32 Å². The Balaban J connectivity index is 1.96. The molecule has 0 aliphatic rings. The number of nitrogens with zero attached hydrogens (tertiary/aromatic N) is 1. The molecule has 2 rings (SSSR count). The van der Waals surface area contributed by atoms with Crippen LogP contribution in [0.5, 0.6) is 5.75 Å². The van der Waals surface area contributed by atoms with Gasteiger partial charge < -0.3 is 15.0 Å². The molecule has 28 heavy (non-hydrogen) atoms. The minimum atomic E-state index is -0.524. The number of carbonyl (C=O) groups is 2. The minimum absolute atomic E-state index is 0.0454. The van der Waals surface area contributed by atoms with Crippen molar-refractivity contribution in [3.8, 4) is 5.75 Å². The molecular weight excluding hydrogens is 352 g/mol. The molecule has 0 fully saturated rings. The molecule has 0 spiro atoms. The molecule has 0 radical (unpaired) electrons. The largest absolute Gasteiger partial charge is 0.494 e. The lowest BCUT2D eigenvalue weighted by molar-refractivity contribution is -0.140. The number of hydrogen-bond acceptors (Lipinski definition) is 3. The van der Waals surface area contributed by atoms with E-state index in [1.807, 2.05) is 68.4 Å². The fourth-order valence-electron chi connectivity index (χ4n) is 2.87. The van der Waals surface area contributed by atoms with Gasteiger partial charge in [0.15, 0.2) is 0 Å². The molecule has 5 heteroatoms. The number of nitrogens with one attached hydrogen (secondary N) is 1. The van der Waals surface area contributed by atoms with Crippen LogP contribution in [0.3, 0.4) is 0 Å². The minimum Gasteiger partial charge on any atom is -0.494 e. The standard InChI is InChI=1S/C23H30N2O3/c1-4-24-23(27)19(3)25(17-20-14-12-18(2)13-15-20)22(26)11-8-16-28-21-9-6-5-7-10-21/h5-7,9-10,12-15,19H,4,8,11,16-17H2,1-3H3,(H,24,27). The summed E-state index contributed by atoms with van der Waals surface area (Å²) in [7, 11) is 0. The summed E-state index contributed by atoms with van der Waals surface area (Å²) in [4.78, 5) is 26.8. The fraction of sp³-hybridized carbons (Fsp3) is 0.391. The predicted octanol–water partition coefficient (Wildman–Crippen LogP) is 3.71. The number of ether oxygens (including phenoxy) is 1. The lowest BCUT2D eigenvalue weighted by Crippen LogP contribution is -2.47. The van der Waals surface area contributed by atoms with Crippen LogP contribution in [0.2, 0.25) is 0 Å². The monoisotopic (exact) mass is 382 g/mol. The zero-order valence-corrected chi connectivity index (χ0v) is 17.0. The number of aryl methyl sites for hydroxylation is 1.